The molecule has 17 heavy (non-hydrogen) atoms. The number of anilines is 1. The van der Waals surface area contributed by atoms with Gasteiger partial charge in [-0.15, -0.1) is 0 Å². The number of amides is 1. The summed E-state index contributed by atoms with van der Waals surface area (Å²) in [6.45, 7) is 0. The standard InChI is InChI=1S/C14H14BrNO/c15-11-2-1-3-12(8-11)16-14(17)13-7-9-4-5-10(13)6-9/h1-5,8-10,13H,6-7H2,(H,16,17). The van der Waals surface area contributed by atoms with Crippen LogP contribution in [0.15, 0.2) is 40.9 Å². The van der Waals surface area contributed by atoms with Gasteiger partial charge in [-0.2, -0.15) is 0 Å². The molecule has 2 aliphatic rings. The predicted molar refractivity (Wildman–Crippen MR) is 71.6 cm³/mol. The summed E-state index contributed by atoms with van der Waals surface area (Å²) in [6.07, 6.45) is 6.64. The van der Waals surface area contributed by atoms with E-state index in [1.807, 2.05) is 24.3 Å². The lowest BCUT2D eigenvalue weighted by Gasteiger charge is -2.17. The van der Waals surface area contributed by atoms with Crippen LogP contribution in [0.3, 0.4) is 0 Å². The molecule has 1 fully saturated rings. The summed E-state index contributed by atoms with van der Waals surface area (Å²) >= 11 is 3.41. The van der Waals surface area contributed by atoms with E-state index >= 15 is 0 Å². The van der Waals surface area contributed by atoms with Crippen LogP contribution in [0.25, 0.3) is 0 Å². The number of halogens is 1. The fourth-order valence-corrected chi connectivity index (χ4v) is 3.28. The Kier molecular flexibility index (Phi) is 2.79. The van der Waals surface area contributed by atoms with E-state index in [1.54, 1.807) is 0 Å². The number of carbonyl (C=O) groups excluding carboxylic acids is 1. The molecule has 0 heterocycles. The highest BCUT2D eigenvalue weighted by atomic mass is 79.9. The van der Waals surface area contributed by atoms with E-state index in [1.165, 1.54) is 0 Å². The summed E-state index contributed by atoms with van der Waals surface area (Å²) in [5.41, 5.74) is 0.871. The van der Waals surface area contributed by atoms with Gasteiger partial charge >= 0.3 is 0 Å². The van der Waals surface area contributed by atoms with Crippen molar-refractivity contribution in [2.24, 2.45) is 17.8 Å². The molecular formula is C14H14BrNO. The highest BCUT2D eigenvalue weighted by Gasteiger charge is 2.39. The smallest absolute Gasteiger partial charge is 0.228 e. The lowest BCUT2D eigenvalue weighted by Crippen LogP contribution is -2.25. The van der Waals surface area contributed by atoms with Gasteiger partial charge in [0.25, 0.3) is 0 Å². The van der Waals surface area contributed by atoms with E-state index in [2.05, 4.69) is 33.4 Å². The number of benzene rings is 1. The third-order valence-electron chi connectivity index (χ3n) is 3.71. The lowest BCUT2D eigenvalue weighted by molar-refractivity contribution is -0.120. The Balaban J connectivity index is 1.70. The molecule has 88 valence electrons. The number of allylic oxidation sites excluding steroid dienone is 2. The van der Waals surface area contributed by atoms with Gasteiger partial charge in [-0.1, -0.05) is 34.1 Å². The zero-order valence-electron chi connectivity index (χ0n) is 9.40. The molecular weight excluding hydrogens is 278 g/mol. The quantitative estimate of drug-likeness (QED) is 0.829. The normalized spacial score (nSPS) is 29.6. The Morgan fingerprint density at radius 2 is 2.18 bits per heavy atom. The molecule has 1 aromatic carbocycles. The van der Waals surface area contributed by atoms with Crippen molar-refractivity contribution in [3.63, 3.8) is 0 Å². The van der Waals surface area contributed by atoms with Crippen molar-refractivity contribution in [2.45, 2.75) is 12.8 Å². The van der Waals surface area contributed by atoms with Gasteiger partial charge in [0, 0.05) is 16.1 Å². The molecule has 2 nitrogen and oxygen atoms in total. The van der Waals surface area contributed by atoms with Crippen molar-refractivity contribution >= 4 is 27.5 Å². The van der Waals surface area contributed by atoms with Crippen LogP contribution >= 0.6 is 15.9 Å². The summed E-state index contributed by atoms with van der Waals surface area (Å²) < 4.78 is 0.989. The van der Waals surface area contributed by atoms with Crippen LogP contribution in [-0.2, 0) is 4.79 Å². The van der Waals surface area contributed by atoms with Crippen molar-refractivity contribution < 1.29 is 4.79 Å². The average molecular weight is 292 g/mol. The van der Waals surface area contributed by atoms with Crippen LogP contribution < -0.4 is 5.32 Å². The number of fused-ring (bicyclic) bond motifs is 2. The second kappa shape index (κ2) is 4.30. The van der Waals surface area contributed by atoms with Gasteiger partial charge in [0.1, 0.15) is 0 Å². The van der Waals surface area contributed by atoms with E-state index in [9.17, 15) is 4.79 Å². The average Bonchev–Trinajstić information content (AvgIpc) is 2.90. The highest BCUT2D eigenvalue weighted by Crippen LogP contribution is 2.43. The van der Waals surface area contributed by atoms with Gasteiger partial charge in [0.2, 0.25) is 5.91 Å². The zero-order chi connectivity index (χ0) is 11.8. The first-order chi connectivity index (χ1) is 8.22. The molecule has 1 saturated carbocycles. The van der Waals surface area contributed by atoms with Gasteiger partial charge in [0.15, 0.2) is 0 Å². The molecule has 1 aromatic rings. The molecule has 0 saturated heterocycles. The van der Waals surface area contributed by atoms with Crippen LogP contribution in [-0.4, -0.2) is 5.91 Å². The largest absolute Gasteiger partial charge is 0.326 e. The first kappa shape index (κ1) is 11.0. The Morgan fingerprint density at radius 3 is 2.82 bits per heavy atom. The third-order valence-corrected chi connectivity index (χ3v) is 4.20. The molecule has 0 aliphatic heterocycles. The molecule has 1 N–H and O–H groups in total. The molecule has 1 amide bonds. The number of hydrogen-bond donors (Lipinski definition) is 1. The van der Waals surface area contributed by atoms with Gasteiger partial charge < -0.3 is 5.32 Å². The topological polar surface area (TPSA) is 29.1 Å². The van der Waals surface area contributed by atoms with Gasteiger partial charge in [-0.25, -0.2) is 0 Å². The number of hydrogen-bond acceptors (Lipinski definition) is 1. The minimum absolute atomic E-state index is 0.167. The van der Waals surface area contributed by atoms with E-state index in [4.69, 9.17) is 0 Å². The molecule has 0 radical (unpaired) electrons. The monoisotopic (exact) mass is 291 g/mol. The van der Waals surface area contributed by atoms with Crippen LogP contribution in [0.5, 0.6) is 0 Å². The van der Waals surface area contributed by atoms with E-state index < -0.39 is 0 Å². The summed E-state index contributed by atoms with van der Waals surface area (Å²) in [7, 11) is 0. The highest BCUT2D eigenvalue weighted by molar-refractivity contribution is 9.10. The Morgan fingerprint density at radius 1 is 1.29 bits per heavy atom. The second-order valence-electron chi connectivity index (χ2n) is 4.89. The molecule has 0 spiro atoms. The molecule has 2 aliphatic carbocycles. The van der Waals surface area contributed by atoms with Gasteiger partial charge in [-0.05, 0) is 42.9 Å². The van der Waals surface area contributed by atoms with Crippen molar-refractivity contribution in [2.75, 3.05) is 5.32 Å². The van der Waals surface area contributed by atoms with Crippen molar-refractivity contribution in [1.29, 1.82) is 0 Å². The Bertz CT molecular complexity index is 483. The minimum atomic E-state index is 0.167. The van der Waals surface area contributed by atoms with Crippen LogP contribution in [0.4, 0.5) is 5.69 Å². The molecule has 3 heteroatoms. The maximum Gasteiger partial charge on any atom is 0.228 e. The molecule has 0 aromatic heterocycles. The van der Waals surface area contributed by atoms with Crippen molar-refractivity contribution in [3.05, 3.63) is 40.9 Å². The SMILES string of the molecule is O=C(Nc1cccc(Br)c1)C1CC2C=CC1C2. The lowest BCUT2D eigenvalue weighted by atomic mass is 9.93. The van der Waals surface area contributed by atoms with Gasteiger partial charge in [0.05, 0.1) is 0 Å². The van der Waals surface area contributed by atoms with Crippen LogP contribution in [0, 0.1) is 17.8 Å². The van der Waals surface area contributed by atoms with E-state index in [0.717, 1.165) is 23.0 Å². The van der Waals surface area contributed by atoms with Gasteiger partial charge in [-0.3, -0.25) is 4.79 Å². The number of rotatable bonds is 2. The Hall–Kier alpha value is -1.09. The van der Waals surface area contributed by atoms with Crippen molar-refractivity contribution in [3.8, 4) is 0 Å². The fraction of sp³-hybridized carbons (Fsp3) is 0.357. The van der Waals surface area contributed by atoms with E-state index in [-0.39, 0.29) is 11.8 Å². The number of carbonyl (C=O) groups is 1. The Labute approximate surface area is 109 Å². The second-order valence-corrected chi connectivity index (χ2v) is 5.80. The molecule has 3 rings (SSSR count). The van der Waals surface area contributed by atoms with Crippen LogP contribution in [0.2, 0.25) is 0 Å². The molecule has 2 bridgehead atoms. The predicted octanol–water partition coefficient (Wildman–Crippen LogP) is 3.60. The van der Waals surface area contributed by atoms with Crippen LogP contribution in [0.1, 0.15) is 12.8 Å². The first-order valence-corrected chi connectivity index (χ1v) is 6.76. The molecule has 3 atom stereocenters. The minimum Gasteiger partial charge on any atom is -0.326 e. The number of nitrogens with one attached hydrogen (secondary N) is 1. The summed E-state index contributed by atoms with van der Waals surface area (Å²) in [4.78, 5) is 12.2. The van der Waals surface area contributed by atoms with Crippen molar-refractivity contribution in [1.82, 2.24) is 0 Å². The van der Waals surface area contributed by atoms with E-state index in [0.29, 0.717) is 11.8 Å². The fourth-order valence-electron chi connectivity index (χ4n) is 2.88. The zero-order valence-corrected chi connectivity index (χ0v) is 11.0. The summed E-state index contributed by atoms with van der Waals surface area (Å²) in [6, 6.07) is 7.74. The third kappa shape index (κ3) is 2.16. The maximum atomic E-state index is 12.2. The first-order valence-electron chi connectivity index (χ1n) is 5.97. The summed E-state index contributed by atoms with van der Waals surface area (Å²) in [5, 5.41) is 3.01. The maximum absolute atomic E-state index is 12.2. The summed E-state index contributed by atoms with van der Waals surface area (Å²) in [5.74, 6) is 1.44. The molecule has 3 unspecified atom stereocenters.